The zero-order valence-corrected chi connectivity index (χ0v) is 19.3. The van der Waals surface area contributed by atoms with Gasteiger partial charge in [-0.2, -0.15) is 5.26 Å². The van der Waals surface area contributed by atoms with E-state index in [4.69, 9.17) is 4.74 Å². The predicted molar refractivity (Wildman–Crippen MR) is 130 cm³/mol. The number of nitriles is 1. The molecule has 1 aliphatic heterocycles. The minimum atomic E-state index is 0.0454. The molecule has 172 valence electrons. The van der Waals surface area contributed by atoms with Crippen LogP contribution in [0.1, 0.15) is 54.6 Å². The first-order valence-electron chi connectivity index (χ1n) is 11.8. The van der Waals surface area contributed by atoms with Crippen molar-refractivity contribution < 1.29 is 4.74 Å². The summed E-state index contributed by atoms with van der Waals surface area (Å²) in [7, 11) is 0. The van der Waals surface area contributed by atoms with Gasteiger partial charge in [0.15, 0.2) is 5.65 Å². The summed E-state index contributed by atoms with van der Waals surface area (Å²) in [6.07, 6.45) is 5.49. The SMILES string of the molecule is CCCc1c(Cc2ccc(-c3ccccc3C#N)cc2)c(=O)n(C2CCOCC2)c2cnnn12. The maximum Gasteiger partial charge on any atom is 0.257 e. The van der Waals surface area contributed by atoms with Crippen LogP contribution >= 0.6 is 0 Å². The van der Waals surface area contributed by atoms with Gasteiger partial charge in [0, 0.05) is 31.2 Å². The van der Waals surface area contributed by atoms with Crippen molar-refractivity contribution >= 4 is 5.65 Å². The highest BCUT2D eigenvalue weighted by atomic mass is 16.5. The quantitative estimate of drug-likeness (QED) is 0.434. The van der Waals surface area contributed by atoms with Crippen LogP contribution in [0.4, 0.5) is 0 Å². The molecule has 0 saturated carbocycles. The largest absolute Gasteiger partial charge is 0.381 e. The molecule has 1 saturated heterocycles. The lowest BCUT2D eigenvalue weighted by Crippen LogP contribution is -2.34. The van der Waals surface area contributed by atoms with Crippen LogP contribution in [0.3, 0.4) is 0 Å². The molecule has 0 atom stereocenters. The van der Waals surface area contributed by atoms with Crippen molar-refractivity contribution in [3.8, 4) is 17.2 Å². The average Bonchev–Trinajstić information content (AvgIpc) is 3.36. The normalized spacial score (nSPS) is 14.4. The van der Waals surface area contributed by atoms with Gasteiger partial charge in [0.05, 0.1) is 23.5 Å². The molecule has 7 heteroatoms. The summed E-state index contributed by atoms with van der Waals surface area (Å²) in [5.41, 5.74) is 6.10. The molecule has 1 fully saturated rings. The minimum absolute atomic E-state index is 0.0454. The molecule has 2 aromatic carbocycles. The van der Waals surface area contributed by atoms with E-state index in [1.807, 2.05) is 57.6 Å². The van der Waals surface area contributed by atoms with Crippen molar-refractivity contribution in [2.45, 2.75) is 45.1 Å². The summed E-state index contributed by atoms with van der Waals surface area (Å²) in [4.78, 5) is 13.9. The molecule has 0 N–H and O–H groups in total. The number of aromatic nitrogens is 4. The maximum atomic E-state index is 13.9. The van der Waals surface area contributed by atoms with Gasteiger partial charge in [-0.05, 0) is 42.0 Å². The Hall–Kier alpha value is -3.76. The molecule has 0 amide bonds. The minimum Gasteiger partial charge on any atom is -0.381 e. The second-order valence-corrected chi connectivity index (χ2v) is 8.73. The van der Waals surface area contributed by atoms with Gasteiger partial charge in [-0.3, -0.25) is 9.36 Å². The van der Waals surface area contributed by atoms with Crippen molar-refractivity contribution in [3.63, 3.8) is 0 Å². The summed E-state index contributed by atoms with van der Waals surface area (Å²) in [6, 6.07) is 18.1. The van der Waals surface area contributed by atoms with Crippen molar-refractivity contribution in [2.75, 3.05) is 13.2 Å². The van der Waals surface area contributed by atoms with Crippen LogP contribution < -0.4 is 5.56 Å². The molecule has 0 aliphatic carbocycles. The molecule has 0 radical (unpaired) electrons. The summed E-state index contributed by atoms with van der Waals surface area (Å²) in [6.45, 7) is 3.42. The number of hydrogen-bond acceptors (Lipinski definition) is 5. The molecular formula is C27H27N5O2. The van der Waals surface area contributed by atoms with Crippen LogP contribution in [0.5, 0.6) is 0 Å². The lowest BCUT2D eigenvalue weighted by Gasteiger charge is -2.26. The fourth-order valence-corrected chi connectivity index (χ4v) is 4.89. The van der Waals surface area contributed by atoms with E-state index in [1.165, 1.54) is 0 Å². The van der Waals surface area contributed by atoms with E-state index in [0.29, 0.717) is 25.2 Å². The molecule has 7 nitrogen and oxygen atoms in total. The highest BCUT2D eigenvalue weighted by molar-refractivity contribution is 5.70. The molecule has 5 rings (SSSR count). The summed E-state index contributed by atoms with van der Waals surface area (Å²) >= 11 is 0. The number of nitrogens with zero attached hydrogens (tertiary/aromatic N) is 5. The first kappa shape index (κ1) is 22.1. The molecular weight excluding hydrogens is 426 g/mol. The van der Waals surface area contributed by atoms with E-state index in [0.717, 1.165) is 59.3 Å². The Labute approximate surface area is 198 Å². The number of aryl methyl sites for hydroxylation is 1. The Morgan fingerprint density at radius 1 is 1.12 bits per heavy atom. The van der Waals surface area contributed by atoms with Crippen LogP contribution in [0.15, 0.2) is 59.5 Å². The lowest BCUT2D eigenvalue weighted by atomic mass is 9.96. The average molecular weight is 454 g/mol. The number of hydrogen-bond donors (Lipinski definition) is 0. The molecule has 3 heterocycles. The van der Waals surface area contributed by atoms with Gasteiger partial charge >= 0.3 is 0 Å². The highest BCUT2D eigenvalue weighted by Gasteiger charge is 2.24. The van der Waals surface area contributed by atoms with Crippen LogP contribution in [0.25, 0.3) is 16.8 Å². The smallest absolute Gasteiger partial charge is 0.257 e. The third-order valence-electron chi connectivity index (χ3n) is 6.60. The Kier molecular flexibility index (Phi) is 6.24. The Balaban J connectivity index is 1.57. The predicted octanol–water partition coefficient (Wildman–Crippen LogP) is 4.32. The van der Waals surface area contributed by atoms with Crippen LogP contribution in [0, 0.1) is 11.3 Å². The monoisotopic (exact) mass is 453 g/mol. The van der Waals surface area contributed by atoms with Crippen LogP contribution in [-0.4, -0.2) is 32.6 Å². The zero-order valence-electron chi connectivity index (χ0n) is 19.3. The molecule has 1 aliphatic rings. The van der Waals surface area contributed by atoms with Crippen molar-refractivity contribution in [1.29, 1.82) is 5.26 Å². The summed E-state index contributed by atoms with van der Waals surface area (Å²) in [5, 5.41) is 17.9. The van der Waals surface area contributed by atoms with Crippen LogP contribution in [-0.2, 0) is 17.6 Å². The number of ether oxygens (including phenoxy) is 1. The van der Waals surface area contributed by atoms with Gasteiger partial charge in [0.1, 0.15) is 0 Å². The third-order valence-corrected chi connectivity index (χ3v) is 6.60. The van der Waals surface area contributed by atoms with Gasteiger partial charge in [-0.1, -0.05) is 61.0 Å². The van der Waals surface area contributed by atoms with Gasteiger partial charge in [0.2, 0.25) is 0 Å². The van der Waals surface area contributed by atoms with Crippen molar-refractivity contribution in [3.05, 3.63) is 87.5 Å². The molecule has 34 heavy (non-hydrogen) atoms. The van der Waals surface area contributed by atoms with E-state index >= 15 is 0 Å². The molecule has 0 spiro atoms. The van der Waals surface area contributed by atoms with E-state index in [2.05, 4.69) is 23.3 Å². The highest BCUT2D eigenvalue weighted by Crippen LogP contribution is 2.26. The van der Waals surface area contributed by atoms with E-state index in [-0.39, 0.29) is 11.6 Å². The Morgan fingerprint density at radius 2 is 1.88 bits per heavy atom. The second-order valence-electron chi connectivity index (χ2n) is 8.73. The molecule has 0 bridgehead atoms. The van der Waals surface area contributed by atoms with Gasteiger partial charge in [-0.15, -0.1) is 5.10 Å². The van der Waals surface area contributed by atoms with E-state index in [1.54, 1.807) is 6.20 Å². The standard InChI is InChI=1S/C27H27N5O2/c1-2-5-25-24(16-19-8-10-20(11-9-19)23-7-4-3-6-21(23)17-28)27(33)31(22-12-14-34-15-13-22)26-18-29-30-32(25)26/h3-4,6-11,18,22H,2,5,12-16H2,1H3. The Morgan fingerprint density at radius 3 is 2.62 bits per heavy atom. The van der Waals surface area contributed by atoms with Gasteiger partial charge in [0.25, 0.3) is 5.56 Å². The zero-order chi connectivity index (χ0) is 23.5. The van der Waals surface area contributed by atoms with E-state index in [9.17, 15) is 10.1 Å². The lowest BCUT2D eigenvalue weighted by molar-refractivity contribution is 0.0694. The second kappa shape index (κ2) is 9.62. The maximum absolute atomic E-state index is 13.9. The fourth-order valence-electron chi connectivity index (χ4n) is 4.89. The summed E-state index contributed by atoms with van der Waals surface area (Å²) < 4.78 is 9.27. The van der Waals surface area contributed by atoms with Gasteiger partial charge < -0.3 is 4.74 Å². The first-order chi connectivity index (χ1) is 16.7. The summed E-state index contributed by atoms with van der Waals surface area (Å²) in [5.74, 6) is 0. The van der Waals surface area contributed by atoms with E-state index < -0.39 is 0 Å². The van der Waals surface area contributed by atoms with Crippen molar-refractivity contribution in [1.82, 2.24) is 19.4 Å². The third kappa shape index (κ3) is 4.02. The van der Waals surface area contributed by atoms with Crippen LogP contribution in [0.2, 0.25) is 0 Å². The van der Waals surface area contributed by atoms with Crippen molar-refractivity contribution in [2.24, 2.45) is 0 Å². The van der Waals surface area contributed by atoms with Gasteiger partial charge in [-0.25, -0.2) is 4.52 Å². The fraction of sp³-hybridized carbons (Fsp3) is 0.333. The number of benzene rings is 2. The molecule has 0 unspecified atom stereocenters. The molecule has 2 aromatic heterocycles. The number of fused-ring (bicyclic) bond motifs is 1. The topological polar surface area (TPSA) is 85.2 Å². The Bertz CT molecular complexity index is 1410. The molecule has 4 aromatic rings. The number of rotatable bonds is 6. The first-order valence-corrected chi connectivity index (χ1v) is 11.8.